The van der Waals surface area contributed by atoms with Crippen LogP contribution in [0.15, 0.2) is 22.7 Å². The molecule has 0 bridgehead atoms. The Morgan fingerprint density at radius 2 is 2.12 bits per heavy atom. The Bertz CT molecular complexity index is 380. The fraction of sp³-hybridized carbons (Fsp3) is 0.571. The SMILES string of the molecule is CC1CCCCC1NCc1ccc(F)cc1Br. The third-order valence-corrected chi connectivity index (χ3v) is 4.42. The minimum Gasteiger partial charge on any atom is -0.310 e. The van der Waals surface area contributed by atoms with Crippen LogP contribution in [0.2, 0.25) is 0 Å². The molecule has 17 heavy (non-hydrogen) atoms. The van der Waals surface area contributed by atoms with Crippen molar-refractivity contribution in [2.45, 2.75) is 45.2 Å². The van der Waals surface area contributed by atoms with Crippen LogP contribution in [0.25, 0.3) is 0 Å². The average Bonchev–Trinajstić information content (AvgIpc) is 2.30. The fourth-order valence-corrected chi connectivity index (χ4v) is 3.02. The van der Waals surface area contributed by atoms with Crippen molar-refractivity contribution in [3.8, 4) is 0 Å². The first-order valence-electron chi connectivity index (χ1n) is 6.34. The molecule has 0 radical (unpaired) electrons. The number of benzene rings is 1. The molecular formula is C14H19BrFN. The van der Waals surface area contributed by atoms with Crippen molar-refractivity contribution in [2.75, 3.05) is 0 Å². The summed E-state index contributed by atoms with van der Waals surface area (Å²) >= 11 is 3.41. The second-order valence-electron chi connectivity index (χ2n) is 4.98. The molecule has 1 aromatic rings. The summed E-state index contributed by atoms with van der Waals surface area (Å²) in [4.78, 5) is 0. The molecule has 0 amide bonds. The van der Waals surface area contributed by atoms with Crippen molar-refractivity contribution in [3.05, 3.63) is 34.1 Å². The van der Waals surface area contributed by atoms with Crippen LogP contribution in [-0.2, 0) is 6.54 Å². The monoisotopic (exact) mass is 299 g/mol. The van der Waals surface area contributed by atoms with Gasteiger partial charge in [-0.2, -0.15) is 0 Å². The van der Waals surface area contributed by atoms with Crippen LogP contribution in [0.5, 0.6) is 0 Å². The quantitative estimate of drug-likeness (QED) is 0.879. The first kappa shape index (κ1) is 13.0. The lowest BCUT2D eigenvalue weighted by Gasteiger charge is -2.29. The highest BCUT2D eigenvalue weighted by atomic mass is 79.9. The Morgan fingerprint density at radius 3 is 2.82 bits per heavy atom. The summed E-state index contributed by atoms with van der Waals surface area (Å²) in [5.74, 6) is 0.564. The van der Waals surface area contributed by atoms with E-state index in [0.29, 0.717) is 6.04 Å². The van der Waals surface area contributed by atoms with E-state index in [-0.39, 0.29) is 5.82 Å². The Morgan fingerprint density at radius 1 is 1.35 bits per heavy atom. The molecule has 0 aromatic heterocycles. The minimum atomic E-state index is -0.188. The molecule has 2 rings (SSSR count). The third-order valence-electron chi connectivity index (χ3n) is 3.68. The van der Waals surface area contributed by atoms with Gasteiger partial charge in [-0.25, -0.2) is 4.39 Å². The van der Waals surface area contributed by atoms with Crippen LogP contribution in [-0.4, -0.2) is 6.04 Å². The molecule has 2 atom stereocenters. The lowest BCUT2D eigenvalue weighted by atomic mass is 9.86. The van der Waals surface area contributed by atoms with E-state index in [2.05, 4.69) is 28.2 Å². The van der Waals surface area contributed by atoms with Gasteiger partial charge in [-0.15, -0.1) is 0 Å². The molecule has 0 saturated heterocycles. The van der Waals surface area contributed by atoms with Crippen LogP contribution < -0.4 is 5.32 Å². The van der Waals surface area contributed by atoms with Gasteiger partial charge in [0, 0.05) is 17.1 Å². The summed E-state index contributed by atoms with van der Waals surface area (Å²) < 4.78 is 13.8. The number of rotatable bonds is 3. The minimum absolute atomic E-state index is 0.188. The molecule has 94 valence electrons. The van der Waals surface area contributed by atoms with E-state index in [1.54, 1.807) is 0 Å². The van der Waals surface area contributed by atoms with Crippen molar-refractivity contribution in [1.29, 1.82) is 0 Å². The number of hydrogen-bond donors (Lipinski definition) is 1. The standard InChI is InChI=1S/C14H19BrFN/c1-10-4-2-3-5-14(10)17-9-11-6-7-12(16)8-13(11)15/h6-8,10,14,17H,2-5,9H2,1H3. The molecule has 1 aromatic carbocycles. The molecule has 1 saturated carbocycles. The van der Waals surface area contributed by atoms with E-state index < -0.39 is 0 Å². The first-order valence-corrected chi connectivity index (χ1v) is 7.13. The molecule has 1 aliphatic carbocycles. The summed E-state index contributed by atoms with van der Waals surface area (Å²) in [6.45, 7) is 3.13. The van der Waals surface area contributed by atoms with E-state index in [0.717, 1.165) is 22.5 Å². The van der Waals surface area contributed by atoms with Gasteiger partial charge in [0.1, 0.15) is 5.82 Å². The molecule has 1 nitrogen and oxygen atoms in total. The van der Waals surface area contributed by atoms with E-state index >= 15 is 0 Å². The van der Waals surface area contributed by atoms with Gasteiger partial charge in [0.2, 0.25) is 0 Å². The maximum Gasteiger partial charge on any atom is 0.124 e. The Hall–Kier alpha value is -0.410. The lowest BCUT2D eigenvalue weighted by Crippen LogP contribution is -2.36. The smallest absolute Gasteiger partial charge is 0.124 e. The molecule has 1 N–H and O–H groups in total. The predicted molar refractivity (Wildman–Crippen MR) is 72.4 cm³/mol. The highest BCUT2D eigenvalue weighted by Crippen LogP contribution is 2.25. The lowest BCUT2D eigenvalue weighted by molar-refractivity contribution is 0.279. The maximum atomic E-state index is 13.0. The average molecular weight is 300 g/mol. The molecule has 3 heteroatoms. The highest BCUT2D eigenvalue weighted by molar-refractivity contribution is 9.10. The van der Waals surface area contributed by atoms with Crippen LogP contribution in [0.1, 0.15) is 38.2 Å². The molecule has 0 heterocycles. The van der Waals surface area contributed by atoms with E-state index in [1.807, 2.05) is 6.07 Å². The van der Waals surface area contributed by atoms with Gasteiger partial charge >= 0.3 is 0 Å². The molecule has 0 spiro atoms. The fourth-order valence-electron chi connectivity index (χ4n) is 2.53. The second kappa shape index (κ2) is 5.96. The molecule has 2 unspecified atom stereocenters. The topological polar surface area (TPSA) is 12.0 Å². The summed E-state index contributed by atoms with van der Waals surface area (Å²) in [5.41, 5.74) is 1.13. The van der Waals surface area contributed by atoms with Gasteiger partial charge in [0.05, 0.1) is 0 Å². The van der Waals surface area contributed by atoms with Crippen molar-refractivity contribution in [2.24, 2.45) is 5.92 Å². The normalized spacial score (nSPS) is 24.9. The zero-order valence-electron chi connectivity index (χ0n) is 10.2. The van der Waals surface area contributed by atoms with Gasteiger partial charge in [0.25, 0.3) is 0 Å². The Kier molecular flexibility index (Phi) is 4.57. The number of halogens is 2. The zero-order chi connectivity index (χ0) is 12.3. The zero-order valence-corrected chi connectivity index (χ0v) is 11.8. The summed E-state index contributed by atoms with van der Waals surface area (Å²) in [6.07, 6.45) is 5.27. The molecule has 1 aliphatic rings. The maximum absolute atomic E-state index is 13.0. The molecule has 0 aliphatic heterocycles. The van der Waals surface area contributed by atoms with Crippen molar-refractivity contribution in [1.82, 2.24) is 5.32 Å². The Balaban J connectivity index is 1.92. The van der Waals surface area contributed by atoms with Crippen LogP contribution in [0.4, 0.5) is 4.39 Å². The van der Waals surface area contributed by atoms with Crippen LogP contribution >= 0.6 is 15.9 Å². The van der Waals surface area contributed by atoms with Gasteiger partial charge in [0.15, 0.2) is 0 Å². The second-order valence-corrected chi connectivity index (χ2v) is 5.84. The summed E-state index contributed by atoms with van der Waals surface area (Å²) in [7, 11) is 0. The van der Waals surface area contributed by atoms with Gasteiger partial charge < -0.3 is 5.32 Å². The third kappa shape index (κ3) is 3.52. The van der Waals surface area contributed by atoms with Gasteiger partial charge in [-0.05, 0) is 36.5 Å². The predicted octanol–water partition coefficient (Wildman–Crippen LogP) is 4.26. The summed E-state index contributed by atoms with van der Waals surface area (Å²) in [5, 5.41) is 3.60. The number of hydrogen-bond acceptors (Lipinski definition) is 1. The summed E-state index contributed by atoms with van der Waals surface area (Å²) in [6, 6.07) is 5.51. The Labute approximate surface area is 111 Å². The molecular weight excluding hydrogens is 281 g/mol. The largest absolute Gasteiger partial charge is 0.310 e. The van der Waals surface area contributed by atoms with Crippen molar-refractivity contribution < 1.29 is 4.39 Å². The van der Waals surface area contributed by atoms with E-state index in [9.17, 15) is 4.39 Å². The van der Waals surface area contributed by atoms with Gasteiger partial charge in [-0.3, -0.25) is 0 Å². The highest BCUT2D eigenvalue weighted by Gasteiger charge is 2.20. The van der Waals surface area contributed by atoms with Crippen molar-refractivity contribution >= 4 is 15.9 Å². The van der Waals surface area contributed by atoms with E-state index in [1.165, 1.54) is 37.8 Å². The van der Waals surface area contributed by atoms with Crippen molar-refractivity contribution in [3.63, 3.8) is 0 Å². The van der Waals surface area contributed by atoms with Gasteiger partial charge in [-0.1, -0.05) is 41.8 Å². The first-order chi connectivity index (χ1) is 8.16. The number of nitrogens with one attached hydrogen (secondary N) is 1. The molecule has 1 fully saturated rings. The van der Waals surface area contributed by atoms with Crippen LogP contribution in [0.3, 0.4) is 0 Å². The van der Waals surface area contributed by atoms with E-state index in [4.69, 9.17) is 0 Å². The van der Waals surface area contributed by atoms with Crippen LogP contribution in [0, 0.1) is 11.7 Å².